The third kappa shape index (κ3) is 4.13. The zero-order chi connectivity index (χ0) is 16.1. The molecule has 1 aliphatic rings. The number of amides is 1. The molecule has 0 atom stereocenters. The van der Waals surface area contributed by atoms with Gasteiger partial charge in [0.2, 0.25) is 5.89 Å². The Labute approximate surface area is 135 Å². The van der Waals surface area contributed by atoms with E-state index < -0.39 is 0 Å². The molecule has 0 spiro atoms. The molecule has 7 heteroatoms. The molecule has 7 nitrogen and oxygen atoms in total. The lowest BCUT2D eigenvalue weighted by molar-refractivity contribution is 0.0940. The van der Waals surface area contributed by atoms with Crippen LogP contribution in [-0.4, -0.2) is 39.0 Å². The standard InChI is InChI=1S/C16H21N5O2/c1-12-6-5-7-17-15(12)16(22)18-10-14-19-13(20-23-14)11-21-8-3-2-4-9-21/h5-7H,2-4,8-11H2,1H3,(H,18,22). The second-order valence-electron chi connectivity index (χ2n) is 5.79. The van der Waals surface area contributed by atoms with Gasteiger partial charge in [0.15, 0.2) is 5.82 Å². The molecule has 3 heterocycles. The Kier molecular flexibility index (Phi) is 4.97. The quantitative estimate of drug-likeness (QED) is 0.904. The van der Waals surface area contributed by atoms with Crippen molar-refractivity contribution in [2.24, 2.45) is 0 Å². The van der Waals surface area contributed by atoms with E-state index >= 15 is 0 Å². The predicted molar refractivity (Wildman–Crippen MR) is 83.6 cm³/mol. The van der Waals surface area contributed by atoms with Crippen LogP contribution in [0, 0.1) is 6.92 Å². The summed E-state index contributed by atoms with van der Waals surface area (Å²) in [5.41, 5.74) is 1.25. The first-order chi connectivity index (χ1) is 11.2. The second kappa shape index (κ2) is 7.32. The topological polar surface area (TPSA) is 84.2 Å². The van der Waals surface area contributed by atoms with Crippen LogP contribution in [0.4, 0.5) is 0 Å². The van der Waals surface area contributed by atoms with Gasteiger partial charge in [0.1, 0.15) is 5.69 Å². The van der Waals surface area contributed by atoms with Crippen LogP contribution < -0.4 is 5.32 Å². The molecule has 0 aromatic carbocycles. The molecule has 0 bridgehead atoms. The molecule has 122 valence electrons. The van der Waals surface area contributed by atoms with Gasteiger partial charge in [-0.15, -0.1) is 0 Å². The van der Waals surface area contributed by atoms with Crippen LogP contribution in [-0.2, 0) is 13.1 Å². The number of carbonyl (C=O) groups is 1. The fourth-order valence-corrected chi connectivity index (χ4v) is 2.71. The van der Waals surface area contributed by atoms with E-state index in [9.17, 15) is 4.79 Å². The van der Waals surface area contributed by atoms with Gasteiger partial charge in [-0.25, -0.2) is 0 Å². The van der Waals surface area contributed by atoms with Crippen molar-refractivity contribution >= 4 is 5.91 Å². The molecule has 1 N–H and O–H groups in total. The maximum absolute atomic E-state index is 12.1. The third-order valence-corrected chi connectivity index (χ3v) is 3.95. The molecule has 1 saturated heterocycles. The summed E-state index contributed by atoms with van der Waals surface area (Å²) in [6, 6.07) is 3.66. The smallest absolute Gasteiger partial charge is 0.270 e. The lowest BCUT2D eigenvalue weighted by Crippen LogP contribution is -2.29. The number of hydrogen-bond acceptors (Lipinski definition) is 6. The van der Waals surface area contributed by atoms with Crippen LogP contribution in [0.15, 0.2) is 22.9 Å². The lowest BCUT2D eigenvalue weighted by atomic mass is 10.1. The minimum atomic E-state index is -0.237. The van der Waals surface area contributed by atoms with E-state index in [4.69, 9.17) is 4.52 Å². The summed E-state index contributed by atoms with van der Waals surface area (Å²) in [7, 11) is 0. The van der Waals surface area contributed by atoms with E-state index in [1.54, 1.807) is 12.3 Å². The molecular weight excluding hydrogens is 294 g/mol. The summed E-state index contributed by atoms with van der Waals surface area (Å²) < 4.78 is 5.20. The number of nitrogens with zero attached hydrogens (tertiary/aromatic N) is 4. The minimum absolute atomic E-state index is 0.210. The Hall–Kier alpha value is -2.28. The fourth-order valence-electron chi connectivity index (χ4n) is 2.71. The van der Waals surface area contributed by atoms with Crippen molar-refractivity contribution in [1.29, 1.82) is 0 Å². The van der Waals surface area contributed by atoms with Gasteiger partial charge in [0, 0.05) is 6.20 Å². The van der Waals surface area contributed by atoms with Crippen molar-refractivity contribution in [3.8, 4) is 0 Å². The average molecular weight is 315 g/mol. The summed E-state index contributed by atoms with van der Waals surface area (Å²) >= 11 is 0. The molecule has 2 aromatic rings. The average Bonchev–Trinajstić information content (AvgIpc) is 3.01. The summed E-state index contributed by atoms with van der Waals surface area (Å²) in [4.78, 5) is 22.8. The van der Waals surface area contributed by atoms with Gasteiger partial charge in [0.25, 0.3) is 5.91 Å². The molecule has 2 aromatic heterocycles. The second-order valence-corrected chi connectivity index (χ2v) is 5.79. The zero-order valence-corrected chi connectivity index (χ0v) is 13.3. The van der Waals surface area contributed by atoms with Gasteiger partial charge in [-0.2, -0.15) is 4.98 Å². The highest BCUT2D eigenvalue weighted by Gasteiger charge is 2.15. The van der Waals surface area contributed by atoms with Gasteiger partial charge < -0.3 is 9.84 Å². The van der Waals surface area contributed by atoms with E-state index in [1.807, 2.05) is 13.0 Å². The number of piperidine rings is 1. The van der Waals surface area contributed by atoms with Crippen molar-refractivity contribution in [2.45, 2.75) is 39.3 Å². The van der Waals surface area contributed by atoms with Crippen molar-refractivity contribution in [3.05, 3.63) is 41.3 Å². The number of aromatic nitrogens is 3. The van der Waals surface area contributed by atoms with E-state index in [-0.39, 0.29) is 12.5 Å². The minimum Gasteiger partial charge on any atom is -0.342 e. The normalized spacial score (nSPS) is 15.5. The Morgan fingerprint density at radius 1 is 1.35 bits per heavy atom. The third-order valence-electron chi connectivity index (χ3n) is 3.95. The predicted octanol–water partition coefficient (Wildman–Crippen LogP) is 1.69. The Balaban J connectivity index is 1.53. The molecule has 0 radical (unpaired) electrons. The Bertz CT molecular complexity index is 664. The molecule has 23 heavy (non-hydrogen) atoms. The van der Waals surface area contributed by atoms with Crippen LogP contribution in [0.2, 0.25) is 0 Å². The lowest BCUT2D eigenvalue weighted by Gasteiger charge is -2.24. The van der Waals surface area contributed by atoms with Crippen LogP contribution in [0.1, 0.15) is 47.0 Å². The molecular formula is C16H21N5O2. The summed E-state index contributed by atoms with van der Waals surface area (Å²) in [6.45, 7) is 4.93. The van der Waals surface area contributed by atoms with Crippen molar-refractivity contribution in [2.75, 3.05) is 13.1 Å². The number of carbonyl (C=O) groups excluding carboxylic acids is 1. The highest BCUT2D eigenvalue weighted by Crippen LogP contribution is 2.11. The van der Waals surface area contributed by atoms with Crippen LogP contribution in [0.25, 0.3) is 0 Å². The van der Waals surface area contributed by atoms with Gasteiger partial charge in [0.05, 0.1) is 13.1 Å². The van der Waals surface area contributed by atoms with Crippen molar-refractivity contribution in [3.63, 3.8) is 0 Å². The number of nitrogens with one attached hydrogen (secondary N) is 1. The summed E-state index contributed by atoms with van der Waals surface area (Å²) in [6.07, 6.45) is 5.35. The van der Waals surface area contributed by atoms with Crippen molar-refractivity contribution < 1.29 is 9.32 Å². The first kappa shape index (κ1) is 15.6. The number of pyridine rings is 1. The Morgan fingerprint density at radius 3 is 2.96 bits per heavy atom. The van der Waals surface area contributed by atoms with E-state index in [1.165, 1.54) is 19.3 Å². The summed E-state index contributed by atoms with van der Waals surface area (Å²) in [5, 5.41) is 6.75. The molecule has 1 fully saturated rings. The largest absolute Gasteiger partial charge is 0.342 e. The van der Waals surface area contributed by atoms with Crippen LogP contribution >= 0.6 is 0 Å². The summed E-state index contributed by atoms with van der Waals surface area (Å²) in [5.74, 6) is 0.850. The zero-order valence-electron chi connectivity index (χ0n) is 13.3. The molecule has 0 saturated carbocycles. The monoisotopic (exact) mass is 315 g/mol. The van der Waals surface area contributed by atoms with Crippen LogP contribution in [0.5, 0.6) is 0 Å². The molecule has 3 rings (SSSR count). The van der Waals surface area contributed by atoms with E-state index in [0.29, 0.717) is 24.0 Å². The maximum atomic E-state index is 12.1. The maximum Gasteiger partial charge on any atom is 0.270 e. The van der Waals surface area contributed by atoms with Crippen molar-refractivity contribution in [1.82, 2.24) is 25.3 Å². The van der Waals surface area contributed by atoms with E-state index in [2.05, 4.69) is 25.3 Å². The van der Waals surface area contributed by atoms with E-state index in [0.717, 1.165) is 18.7 Å². The molecule has 0 aliphatic carbocycles. The SMILES string of the molecule is Cc1cccnc1C(=O)NCc1nc(CN2CCCCC2)no1. The number of hydrogen-bond donors (Lipinski definition) is 1. The van der Waals surface area contributed by atoms with Gasteiger partial charge in [-0.3, -0.25) is 14.7 Å². The number of likely N-dealkylation sites (tertiary alicyclic amines) is 1. The first-order valence-corrected chi connectivity index (χ1v) is 7.96. The van der Waals surface area contributed by atoms with Gasteiger partial charge in [-0.05, 0) is 44.5 Å². The highest BCUT2D eigenvalue weighted by molar-refractivity contribution is 5.93. The fraction of sp³-hybridized carbons (Fsp3) is 0.500. The Morgan fingerprint density at radius 2 is 2.17 bits per heavy atom. The molecule has 0 unspecified atom stereocenters. The highest BCUT2D eigenvalue weighted by atomic mass is 16.5. The molecule has 1 amide bonds. The molecule has 1 aliphatic heterocycles. The first-order valence-electron chi connectivity index (χ1n) is 7.96. The van der Waals surface area contributed by atoms with Crippen LogP contribution in [0.3, 0.4) is 0 Å². The van der Waals surface area contributed by atoms with Gasteiger partial charge in [-0.1, -0.05) is 17.6 Å². The number of rotatable bonds is 5. The van der Waals surface area contributed by atoms with Gasteiger partial charge >= 0.3 is 0 Å². The number of aryl methyl sites for hydroxylation is 1.